The maximum atomic E-state index is 5.73. The van der Waals surface area contributed by atoms with Gasteiger partial charge in [0, 0.05) is 12.2 Å². The summed E-state index contributed by atoms with van der Waals surface area (Å²) in [4.78, 5) is 4.40. The molecule has 3 N–H and O–H groups in total. The molecule has 0 aliphatic heterocycles. The van der Waals surface area contributed by atoms with E-state index in [-0.39, 0.29) is 0 Å². The van der Waals surface area contributed by atoms with E-state index in [1.165, 1.54) is 38.5 Å². The Labute approximate surface area is 113 Å². The molecule has 19 heavy (non-hydrogen) atoms. The monoisotopic (exact) mass is 259 g/mol. The van der Waals surface area contributed by atoms with E-state index in [4.69, 9.17) is 10.2 Å². The zero-order valence-corrected chi connectivity index (χ0v) is 11.2. The Morgan fingerprint density at radius 1 is 1.26 bits per heavy atom. The molecule has 1 aromatic heterocycles. The second-order valence-electron chi connectivity index (χ2n) is 5.47. The summed E-state index contributed by atoms with van der Waals surface area (Å²) < 4.78 is 5.63. The van der Waals surface area contributed by atoms with E-state index in [1.807, 2.05) is 18.2 Å². The van der Waals surface area contributed by atoms with E-state index >= 15 is 0 Å². The first-order valence-corrected chi connectivity index (χ1v) is 7.21. The van der Waals surface area contributed by atoms with Gasteiger partial charge in [0.1, 0.15) is 5.52 Å². The molecule has 1 aromatic carbocycles. The van der Waals surface area contributed by atoms with Crippen LogP contribution in [0.4, 0.5) is 11.7 Å². The van der Waals surface area contributed by atoms with Gasteiger partial charge in [-0.25, -0.2) is 0 Å². The number of oxazole rings is 1. The molecule has 0 amide bonds. The van der Waals surface area contributed by atoms with E-state index < -0.39 is 0 Å². The summed E-state index contributed by atoms with van der Waals surface area (Å²) in [5.41, 5.74) is 8.05. The molecule has 2 aromatic rings. The number of nitrogens with zero attached hydrogens (tertiary/aromatic N) is 1. The van der Waals surface area contributed by atoms with Gasteiger partial charge in [-0.3, -0.25) is 0 Å². The number of hydrogen-bond acceptors (Lipinski definition) is 4. The molecule has 1 saturated carbocycles. The second kappa shape index (κ2) is 5.51. The number of hydrogen-bond donors (Lipinski definition) is 2. The van der Waals surface area contributed by atoms with Crippen LogP contribution in [0.25, 0.3) is 11.1 Å². The number of fused-ring (bicyclic) bond motifs is 1. The zero-order chi connectivity index (χ0) is 13.1. The van der Waals surface area contributed by atoms with Gasteiger partial charge in [0.2, 0.25) is 0 Å². The van der Waals surface area contributed by atoms with Crippen LogP contribution in [0.1, 0.15) is 38.5 Å². The lowest BCUT2D eigenvalue weighted by Crippen LogP contribution is -2.12. The van der Waals surface area contributed by atoms with Gasteiger partial charge in [-0.2, -0.15) is 4.98 Å². The molecule has 1 fully saturated rings. The van der Waals surface area contributed by atoms with Crippen molar-refractivity contribution in [2.24, 2.45) is 5.92 Å². The van der Waals surface area contributed by atoms with Gasteiger partial charge in [-0.05, 0) is 30.5 Å². The van der Waals surface area contributed by atoms with Crippen LogP contribution in [-0.4, -0.2) is 11.5 Å². The maximum Gasteiger partial charge on any atom is 0.295 e. The summed E-state index contributed by atoms with van der Waals surface area (Å²) in [5, 5.41) is 3.28. The topological polar surface area (TPSA) is 64.1 Å². The molecule has 4 heteroatoms. The third kappa shape index (κ3) is 3.00. The summed E-state index contributed by atoms with van der Waals surface area (Å²) in [5.74, 6) is 0.876. The average molecular weight is 259 g/mol. The summed E-state index contributed by atoms with van der Waals surface area (Å²) in [7, 11) is 0. The normalized spacial score (nSPS) is 16.8. The van der Waals surface area contributed by atoms with Crippen molar-refractivity contribution in [2.45, 2.75) is 38.5 Å². The lowest BCUT2D eigenvalue weighted by molar-refractivity contribution is 0.345. The van der Waals surface area contributed by atoms with Crippen molar-refractivity contribution < 1.29 is 4.42 Å². The van der Waals surface area contributed by atoms with Gasteiger partial charge >= 0.3 is 0 Å². The zero-order valence-electron chi connectivity index (χ0n) is 11.2. The minimum atomic E-state index is 0.608. The number of nitrogen functional groups attached to an aromatic ring is 1. The van der Waals surface area contributed by atoms with Crippen LogP contribution in [0.5, 0.6) is 0 Å². The number of anilines is 2. The standard InChI is InChI=1S/C15H21N3O/c16-12-6-7-14-13(10-12)18-15(19-14)17-9-8-11-4-2-1-3-5-11/h6-7,10-11H,1-5,8-9,16H2,(H,17,18). The fourth-order valence-electron chi connectivity index (χ4n) is 2.88. The van der Waals surface area contributed by atoms with Crippen molar-refractivity contribution in [1.82, 2.24) is 4.98 Å². The highest BCUT2D eigenvalue weighted by Gasteiger charge is 2.13. The van der Waals surface area contributed by atoms with E-state index in [9.17, 15) is 0 Å². The lowest BCUT2D eigenvalue weighted by Gasteiger charge is -2.21. The Morgan fingerprint density at radius 3 is 2.95 bits per heavy atom. The van der Waals surface area contributed by atoms with Gasteiger partial charge < -0.3 is 15.5 Å². The molecule has 0 bridgehead atoms. The van der Waals surface area contributed by atoms with Crippen LogP contribution in [-0.2, 0) is 0 Å². The number of rotatable bonds is 4. The highest BCUT2D eigenvalue weighted by atomic mass is 16.4. The molecule has 1 heterocycles. The van der Waals surface area contributed by atoms with Gasteiger partial charge in [0.25, 0.3) is 6.01 Å². The van der Waals surface area contributed by atoms with Crippen LogP contribution < -0.4 is 11.1 Å². The average Bonchev–Trinajstić information content (AvgIpc) is 2.82. The predicted octanol–water partition coefficient (Wildman–Crippen LogP) is 3.79. The SMILES string of the molecule is Nc1ccc2oc(NCCC3CCCCC3)nc2c1. The highest BCUT2D eigenvalue weighted by Crippen LogP contribution is 2.26. The molecule has 0 saturated heterocycles. The Hall–Kier alpha value is -1.71. The summed E-state index contributed by atoms with van der Waals surface area (Å²) in [6, 6.07) is 6.14. The number of nitrogens with two attached hydrogens (primary N) is 1. The minimum Gasteiger partial charge on any atom is -0.424 e. The van der Waals surface area contributed by atoms with Crippen molar-refractivity contribution in [3.05, 3.63) is 18.2 Å². The van der Waals surface area contributed by atoms with Crippen molar-refractivity contribution >= 4 is 22.8 Å². The Kier molecular flexibility index (Phi) is 3.58. The summed E-state index contributed by atoms with van der Waals surface area (Å²) in [6.45, 7) is 0.937. The van der Waals surface area contributed by atoms with Crippen molar-refractivity contribution in [3.8, 4) is 0 Å². The van der Waals surface area contributed by atoms with Crippen molar-refractivity contribution in [2.75, 3.05) is 17.6 Å². The van der Waals surface area contributed by atoms with E-state index in [2.05, 4.69) is 10.3 Å². The van der Waals surface area contributed by atoms with Crippen LogP contribution >= 0.6 is 0 Å². The summed E-state index contributed by atoms with van der Waals surface area (Å²) in [6.07, 6.45) is 8.18. The third-order valence-corrected chi connectivity index (χ3v) is 3.97. The largest absolute Gasteiger partial charge is 0.424 e. The van der Waals surface area contributed by atoms with Gasteiger partial charge in [0.15, 0.2) is 5.58 Å². The fraction of sp³-hybridized carbons (Fsp3) is 0.533. The molecule has 0 radical (unpaired) electrons. The molecular weight excluding hydrogens is 238 g/mol. The van der Waals surface area contributed by atoms with Crippen molar-refractivity contribution in [3.63, 3.8) is 0 Å². The second-order valence-corrected chi connectivity index (χ2v) is 5.47. The number of nitrogens with one attached hydrogen (secondary N) is 1. The molecule has 1 aliphatic carbocycles. The van der Waals surface area contributed by atoms with Crippen LogP contribution in [0.15, 0.2) is 22.6 Å². The first-order chi connectivity index (χ1) is 9.31. The number of benzene rings is 1. The minimum absolute atomic E-state index is 0.608. The highest BCUT2D eigenvalue weighted by molar-refractivity contribution is 5.78. The Balaban J connectivity index is 1.56. The maximum absolute atomic E-state index is 5.73. The molecule has 0 unspecified atom stereocenters. The van der Waals surface area contributed by atoms with Crippen LogP contribution in [0, 0.1) is 5.92 Å². The van der Waals surface area contributed by atoms with E-state index in [0.29, 0.717) is 6.01 Å². The van der Waals surface area contributed by atoms with Gasteiger partial charge in [0.05, 0.1) is 0 Å². The molecule has 3 rings (SSSR count). The summed E-state index contributed by atoms with van der Waals surface area (Å²) >= 11 is 0. The van der Waals surface area contributed by atoms with E-state index in [0.717, 1.165) is 29.2 Å². The first kappa shape index (κ1) is 12.3. The van der Waals surface area contributed by atoms with Gasteiger partial charge in [-0.15, -0.1) is 0 Å². The Bertz CT molecular complexity index is 543. The Morgan fingerprint density at radius 2 is 2.11 bits per heavy atom. The molecule has 0 spiro atoms. The third-order valence-electron chi connectivity index (χ3n) is 3.97. The smallest absolute Gasteiger partial charge is 0.295 e. The van der Waals surface area contributed by atoms with Crippen molar-refractivity contribution in [1.29, 1.82) is 0 Å². The number of aromatic nitrogens is 1. The molecule has 1 aliphatic rings. The lowest BCUT2D eigenvalue weighted by atomic mass is 9.87. The first-order valence-electron chi connectivity index (χ1n) is 7.21. The van der Waals surface area contributed by atoms with Gasteiger partial charge in [-0.1, -0.05) is 32.1 Å². The van der Waals surface area contributed by atoms with Crippen LogP contribution in [0.3, 0.4) is 0 Å². The molecule has 4 nitrogen and oxygen atoms in total. The van der Waals surface area contributed by atoms with Crippen LogP contribution in [0.2, 0.25) is 0 Å². The molecule has 0 atom stereocenters. The van der Waals surface area contributed by atoms with E-state index in [1.54, 1.807) is 0 Å². The quantitative estimate of drug-likeness (QED) is 0.820. The predicted molar refractivity (Wildman–Crippen MR) is 78.1 cm³/mol. The molecule has 102 valence electrons. The molecular formula is C15H21N3O. The fourth-order valence-corrected chi connectivity index (χ4v) is 2.88.